The fourth-order valence-corrected chi connectivity index (χ4v) is 8.43. The van der Waals surface area contributed by atoms with Crippen LogP contribution in [0.4, 0.5) is 23.7 Å². The number of ether oxygens (including phenoxy) is 1. The van der Waals surface area contributed by atoms with Gasteiger partial charge >= 0.3 is 18.0 Å². The number of hydrogen-bond acceptors (Lipinski definition) is 8. The lowest BCUT2D eigenvalue weighted by Crippen LogP contribution is -2.54. The third kappa shape index (κ3) is 7.33. The molecule has 1 aromatic heterocycles. The molecule has 2 amide bonds. The fraction of sp³-hybridized carbons (Fsp3) is 0.543. The number of carbonyl (C=O) groups excluding carboxylic acids is 2. The van der Waals surface area contributed by atoms with E-state index < -0.39 is 35.5 Å². The van der Waals surface area contributed by atoms with Gasteiger partial charge in [0, 0.05) is 69.4 Å². The minimum atomic E-state index is -4.77. The van der Waals surface area contributed by atoms with Crippen molar-refractivity contribution in [3.63, 3.8) is 0 Å². The molecule has 4 saturated heterocycles. The number of hydrogen-bond donors (Lipinski definition) is 2. The number of nitrogens with zero attached hydrogens (tertiary/aromatic N) is 6. The number of alkyl halides is 3. The Labute approximate surface area is 298 Å². The zero-order valence-corrected chi connectivity index (χ0v) is 29.1. The van der Waals surface area contributed by atoms with Crippen LogP contribution < -0.4 is 11.4 Å². The topological polar surface area (TPSA) is 133 Å². The van der Waals surface area contributed by atoms with Crippen LogP contribution in [0.2, 0.25) is 5.02 Å². The predicted octanol–water partition coefficient (Wildman–Crippen LogP) is 4.26. The van der Waals surface area contributed by atoms with Crippen molar-refractivity contribution < 1.29 is 27.5 Å². The normalized spacial score (nSPS) is 22.8. The van der Waals surface area contributed by atoms with Gasteiger partial charge < -0.3 is 25.2 Å². The van der Waals surface area contributed by atoms with Gasteiger partial charge in [0.05, 0.1) is 22.3 Å². The molecule has 3 N–H and O–H groups in total. The minimum absolute atomic E-state index is 0.0746. The molecular weight excluding hydrogens is 689 g/mol. The standard InChI is InChI=1S/C35H42ClF3N8O4/c1-43-19-26-18-25(43)20-46(26)23-7-11-44(12-8-23)32(48)29(17-21-15-27(35(37,38)39)30(40)28(36)16-21)51-34(50)45-13-9-24(10-14-45)47-33(49)41-31(42-47)22-5-3-2-4-6-22/h2-6,15-16,23-26,29H,7-14,17-20,40H2,1H3,(H,41,42,49)/t25?,26?,29-/m1/s1. The molecule has 0 aliphatic carbocycles. The average Bonchev–Trinajstić information content (AvgIpc) is 3.83. The van der Waals surface area contributed by atoms with Crippen molar-refractivity contribution in [1.29, 1.82) is 0 Å². The van der Waals surface area contributed by atoms with E-state index in [1.54, 1.807) is 4.90 Å². The highest BCUT2D eigenvalue weighted by Crippen LogP contribution is 2.39. The number of amides is 2. The molecule has 7 rings (SSSR count). The quantitative estimate of drug-likeness (QED) is 0.345. The number of likely N-dealkylation sites (N-methyl/N-ethyl adjacent to an activating group) is 1. The van der Waals surface area contributed by atoms with Crippen LogP contribution in [-0.2, 0) is 22.1 Å². The number of fused-ring (bicyclic) bond motifs is 2. The van der Waals surface area contributed by atoms with E-state index in [2.05, 4.69) is 26.9 Å². The zero-order chi connectivity index (χ0) is 36.0. The Bertz CT molecular complexity index is 1800. The second kappa shape index (κ2) is 14.2. The molecule has 3 atom stereocenters. The number of carbonyl (C=O) groups is 2. The summed E-state index contributed by atoms with van der Waals surface area (Å²) < 4.78 is 48.7. The van der Waals surface area contributed by atoms with Crippen molar-refractivity contribution in [2.45, 2.75) is 75.0 Å². The lowest BCUT2D eigenvalue weighted by atomic mass is 9.99. The van der Waals surface area contributed by atoms with E-state index in [1.807, 2.05) is 30.3 Å². The van der Waals surface area contributed by atoms with Gasteiger partial charge in [-0.2, -0.15) is 13.2 Å². The molecule has 12 nitrogen and oxygen atoms in total. The average molecular weight is 731 g/mol. The molecule has 2 aromatic carbocycles. The first-order valence-corrected chi connectivity index (χ1v) is 17.8. The molecular formula is C35H42ClF3N8O4. The summed E-state index contributed by atoms with van der Waals surface area (Å²) in [7, 11) is 2.15. The number of piperazine rings is 1. The molecule has 16 heteroatoms. The first-order valence-electron chi connectivity index (χ1n) is 17.5. The van der Waals surface area contributed by atoms with Crippen LogP contribution in [0.5, 0.6) is 0 Å². The number of nitrogens with two attached hydrogens (primary N) is 1. The number of nitrogen functional groups attached to an aromatic ring is 1. The van der Waals surface area contributed by atoms with E-state index in [-0.39, 0.29) is 41.8 Å². The maximum Gasteiger partial charge on any atom is 0.418 e. The molecule has 4 aliphatic heterocycles. The van der Waals surface area contributed by atoms with Gasteiger partial charge in [-0.3, -0.25) is 14.7 Å². The van der Waals surface area contributed by atoms with Crippen LogP contribution >= 0.6 is 11.6 Å². The first-order chi connectivity index (χ1) is 24.4. The number of benzene rings is 2. The molecule has 51 heavy (non-hydrogen) atoms. The summed E-state index contributed by atoms with van der Waals surface area (Å²) in [6, 6.07) is 12.6. The third-order valence-electron chi connectivity index (χ3n) is 11.0. The smallest absolute Gasteiger partial charge is 0.418 e. The van der Waals surface area contributed by atoms with Gasteiger partial charge in [0.1, 0.15) is 0 Å². The summed E-state index contributed by atoms with van der Waals surface area (Å²) >= 11 is 6.11. The van der Waals surface area contributed by atoms with Crippen molar-refractivity contribution >= 4 is 29.3 Å². The van der Waals surface area contributed by atoms with E-state index in [9.17, 15) is 27.6 Å². The number of aromatic nitrogens is 3. The van der Waals surface area contributed by atoms with Crippen molar-refractivity contribution in [3.05, 3.63) is 69.1 Å². The molecule has 0 saturated carbocycles. The minimum Gasteiger partial charge on any atom is -0.436 e. The number of anilines is 1. The molecule has 5 heterocycles. The molecule has 0 radical (unpaired) electrons. The summed E-state index contributed by atoms with van der Waals surface area (Å²) in [6.45, 7) is 3.41. The van der Waals surface area contributed by atoms with Crippen molar-refractivity contribution in [1.82, 2.24) is 34.4 Å². The number of halogens is 4. The van der Waals surface area contributed by atoms with E-state index >= 15 is 0 Å². The number of likely N-dealkylation sites (tertiary alicyclic amines) is 4. The Balaban J connectivity index is 1.03. The van der Waals surface area contributed by atoms with Crippen molar-refractivity contribution in [2.24, 2.45) is 0 Å². The SMILES string of the molecule is CN1CC2CC1CN2C1CCN(C(=O)[C@@H](Cc2cc(Cl)c(N)c(C(F)(F)F)c2)OC(=O)N2CCC(n3nc(-c4ccccc4)[nH]c3=O)CC2)CC1. The highest BCUT2D eigenvalue weighted by molar-refractivity contribution is 6.33. The molecule has 0 spiro atoms. The molecule has 3 aromatic rings. The van der Waals surface area contributed by atoms with Gasteiger partial charge in [-0.15, -0.1) is 5.10 Å². The maximum atomic E-state index is 14.0. The molecule has 2 unspecified atom stereocenters. The summed E-state index contributed by atoms with van der Waals surface area (Å²) in [6.07, 6.45) is -3.71. The number of aromatic amines is 1. The van der Waals surface area contributed by atoms with Gasteiger partial charge in [-0.1, -0.05) is 41.9 Å². The van der Waals surface area contributed by atoms with Crippen molar-refractivity contribution in [2.75, 3.05) is 52.0 Å². The summed E-state index contributed by atoms with van der Waals surface area (Å²) in [5, 5.41) is 4.19. The Hall–Kier alpha value is -4.08. The van der Waals surface area contributed by atoms with E-state index in [0.717, 1.165) is 44.0 Å². The first kappa shape index (κ1) is 35.3. The van der Waals surface area contributed by atoms with E-state index in [4.69, 9.17) is 22.1 Å². The highest BCUT2D eigenvalue weighted by Gasteiger charge is 2.45. The number of H-pyrrole nitrogens is 1. The second-order valence-corrected chi connectivity index (χ2v) is 14.6. The van der Waals surface area contributed by atoms with Crippen LogP contribution in [0.1, 0.15) is 49.3 Å². The Kier molecular flexibility index (Phi) is 9.80. The monoisotopic (exact) mass is 730 g/mol. The summed E-state index contributed by atoms with van der Waals surface area (Å²) in [5.41, 5.74) is 4.44. The largest absolute Gasteiger partial charge is 0.436 e. The lowest BCUT2D eigenvalue weighted by molar-refractivity contribution is -0.142. The van der Waals surface area contributed by atoms with Crippen molar-refractivity contribution in [3.8, 4) is 11.4 Å². The Morgan fingerprint density at radius 1 is 0.980 bits per heavy atom. The van der Waals surface area contributed by atoms with Gasteiger partial charge in [-0.25, -0.2) is 14.3 Å². The van der Waals surface area contributed by atoms with Crippen LogP contribution in [0.3, 0.4) is 0 Å². The van der Waals surface area contributed by atoms with Gasteiger partial charge in [0.2, 0.25) is 0 Å². The Morgan fingerprint density at radius 3 is 2.27 bits per heavy atom. The molecule has 4 fully saturated rings. The van der Waals surface area contributed by atoms with Gasteiger partial charge in [0.25, 0.3) is 5.91 Å². The Morgan fingerprint density at radius 2 is 1.65 bits per heavy atom. The zero-order valence-electron chi connectivity index (χ0n) is 28.3. The molecule has 4 aliphatic rings. The summed E-state index contributed by atoms with van der Waals surface area (Å²) in [4.78, 5) is 51.2. The predicted molar refractivity (Wildman–Crippen MR) is 184 cm³/mol. The number of piperidine rings is 2. The van der Waals surface area contributed by atoms with E-state index in [0.29, 0.717) is 49.9 Å². The van der Waals surface area contributed by atoms with Gasteiger partial charge in [0.15, 0.2) is 11.9 Å². The van der Waals surface area contributed by atoms with Crippen LogP contribution in [0.25, 0.3) is 11.4 Å². The van der Waals surface area contributed by atoms with Gasteiger partial charge in [-0.05, 0) is 56.8 Å². The maximum absolute atomic E-state index is 14.0. The number of nitrogens with one attached hydrogen (secondary N) is 1. The van der Waals surface area contributed by atoms with Crippen LogP contribution in [0.15, 0.2) is 47.3 Å². The van der Waals surface area contributed by atoms with Crippen LogP contribution in [0, 0.1) is 0 Å². The molecule has 274 valence electrons. The highest BCUT2D eigenvalue weighted by atomic mass is 35.5. The van der Waals surface area contributed by atoms with E-state index in [1.165, 1.54) is 15.6 Å². The summed E-state index contributed by atoms with van der Waals surface area (Å²) in [5.74, 6) is -0.0121. The number of rotatable bonds is 7. The second-order valence-electron chi connectivity index (χ2n) is 14.2. The fourth-order valence-electron chi connectivity index (χ4n) is 8.18. The third-order valence-corrected chi connectivity index (χ3v) is 11.3. The lowest BCUT2D eigenvalue weighted by Gasteiger charge is -2.42. The molecule has 2 bridgehead atoms. The van der Waals surface area contributed by atoms with Crippen LogP contribution in [-0.4, -0.2) is 117 Å².